The van der Waals surface area contributed by atoms with Gasteiger partial charge in [-0.1, -0.05) is 13.3 Å². The predicted octanol–water partition coefficient (Wildman–Crippen LogP) is 0.963. The Morgan fingerprint density at radius 3 is 2.69 bits per heavy atom. The van der Waals surface area contributed by atoms with E-state index >= 15 is 0 Å². The lowest BCUT2D eigenvalue weighted by Crippen LogP contribution is -2.44. The number of hydrogen-bond donors (Lipinski definition) is 2. The molecule has 0 radical (unpaired) electrons. The van der Waals surface area contributed by atoms with Crippen molar-refractivity contribution < 1.29 is 4.74 Å². The van der Waals surface area contributed by atoms with Crippen molar-refractivity contribution in [3.63, 3.8) is 0 Å². The number of rotatable bonds is 7. The molecule has 0 saturated carbocycles. The summed E-state index contributed by atoms with van der Waals surface area (Å²) >= 11 is 0. The third kappa shape index (κ3) is 7.48. The van der Waals surface area contributed by atoms with Crippen molar-refractivity contribution in [1.29, 1.82) is 0 Å². The first kappa shape index (κ1) is 15.2. The van der Waals surface area contributed by atoms with Gasteiger partial charge in [0.1, 0.15) is 0 Å². The molecule has 3 N–H and O–H groups in total. The van der Waals surface area contributed by atoms with Crippen LogP contribution in [-0.2, 0) is 4.74 Å². The van der Waals surface area contributed by atoms with E-state index in [0.29, 0.717) is 6.61 Å². The number of aliphatic imine (C=N–C) groups is 1. The highest BCUT2D eigenvalue weighted by molar-refractivity contribution is 5.79. The second-order valence-corrected chi connectivity index (χ2v) is 4.04. The molecule has 0 heterocycles. The Morgan fingerprint density at radius 1 is 1.50 bits per heavy atom. The minimum Gasteiger partial charge on any atom is -0.377 e. The summed E-state index contributed by atoms with van der Waals surface area (Å²) in [6.07, 6.45) is 2.49. The van der Waals surface area contributed by atoms with Crippen LogP contribution in [0.25, 0.3) is 0 Å². The van der Waals surface area contributed by atoms with E-state index in [0.717, 1.165) is 31.9 Å². The maximum Gasteiger partial charge on any atom is 0.208 e. The molecule has 0 unspecified atom stereocenters. The Kier molecular flexibility index (Phi) is 8.94. The topological polar surface area (TPSA) is 62.9 Å². The quantitative estimate of drug-likeness (QED) is 0.225. The van der Waals surface area contributed by atoms with Crippen molar-refractivity contribution in [3.8, 4) is 0 Å². The third-order valence-electron chi connectivity index (χ3n) is 2.14. The molecule has 0 fully saturated rings. The van der Waals surface area contributed by atoms with Crippen molar-refractivity contribution in [3.05, 3.63) is 0 Å². The number of likely N-dealkylation sites (N-methyl/N-ethyl adjacent to an activating group) is 1. The molecule has 0 amide bonds. The van der Waals surface area contributed by atoms with Gasteiger partial charge in [0, 0.05) is 20.1 Å². The summed E-state index contributed by atoms with van der Waals surface area (Å²) in [5, 5.41) is 0. The fourth-order valence-corrected chi connectivity index (χ4v) is 1.15. The molecule has 0 aliphatic rings. The van der Waals surface area contributed by atoms with Gasteiger partial charge in [-0.25, -0.2) is 5.84 Å². The molecular weight excluding hydrogens is 204 g/mol. The molecule has 0 aromatic heterocycles. The largest absolute Gasteiger partial charge is 0.377 e. The summed E-state index contributed by atoms with van der Waals surface area (Å²) in [4.78, 5) is 6.35. The lowest BCUT2D eigenvalue weighted by Gasteiger charge is -2.21. The van der Waals surface area contributed by atoms with Crippen LogP contribution in [0.2, 0.25) is 0 Å². The smallest absolute Gasteiger partial charge is 0.208 e. The number of nitrogens with one attached hydrogen (secondary N) is 1. The SMILES string of the molecule is CCCCN=C(NN)N(C)CCOC(C)C. The van der Waals surface area contributed by atoms with Gasteiger partial charge in [0.25, 0.3) is 0 Å². The minimum absolute atomic E-state index is 0.264. The molecule has 0 aliphatic carbocycles. The fourth-order valence-electron chi connectivity index (χ4n) is 1.15. The van der Waals surface area contributed by atoms with Gasteiger partial charge in [0.05, 0.1) is 12.7 Å². The Labute approximate surface area is 99.0 Å². The van der Waals surface area contributed by atoms with E-state index in [2.05, 4.69) is 17.3 Å². The summed E-state index contributed by atoms with van der Waals surface area (Å²) in [7, 11) is 1.95. The third-order valence-corrected chi connectivity index (χ3v) is 2.14. The minimum atomic E-state index is 0.264. The molecule has 5 nitrogen and oxygen atoms in total. The summed E-state index contributed by atoms with van der Waals surface area (Å²) in [5.74, 6) is 6.15. The monoisotopic (exact) mass is 230 g/mol. The number of hydrazine groups is 1. The summed E-state index contributed by atoms with van der Waals surface area (Å²) in [6.45, 7) is 8.47. The highest BCUT2D eigenvalue weighted by Crippen LogP contribution is 1.92. The molecule has 96 valence electrons. The van der Waals surface area contributed by atoms with Crippen LogP contribution in [0.4, 0.5) is 0 Å². The van der Waals surface area contributed by atoms with E-state index in [4.69, 9.17) is 10.6 Å². The Bertz CT molecular complexity index is 194. The molecule has 5 heteroatoms. The van der Waals surface area contributed by atoms with Gasteiger partial charge in [0.2, 0.25) is 5.96 Å². The average molecular weight is 230 g/mol. The maximum atomic E-state index is 5.47. The Morgan fingerprint density at radius 2 is 2.19 bits per heavy atom. The number of guanidine groups is 1. The first-order valence-corrected chi connectivity index (χ1v) is 5.95. The maximum absolute atomic E-state index is 5.47. The van der Waals surface area contributed by atoms with Gasteiger partial charge >= 0.3 is 0 Å². The zero-order valence-corrected chi connectivity index (χ0v) is 11.0. The lowest BCUT2D eigenvalue weighted by molar-refractivity contribution is 0.0721. The first-order valence-electron chi connectivity index (χ1n) is 5.95. The molecule has 0 aromatic rings. The molecule has 0 aromatic carbocycles. The molecule has 0 saturated heterocycles. The van der Waals surface area contributed by atoms with Crippen LogP contribution in [0.1, 0.15) is 33.6 Å². The highest BCUT2D eigenvalue weighted by atomic mass is 16.5. The van der Waals surface area contributed by atoms with Crippen molar-refractivity contribution in [2.45, 2.75) is 39.7 Å². The average Bonchev–Trinajstić information content (AvgIpc) is 2.23. The number of nitrogens with two attached hydrogens (primary N) is 1. The fraction of sp³-hybridized carbons (Fsp3) is 0.909. The van der Waals surface area contributed by atoms with Gasteiger partial charge in [-0.3, -0.25) is 10.4 Å². The zero-order valence-electron chi connectivity index (χ0n) is 11.0. The van der Waals surface area contributed by atoms with E-state index in [1.165, 1.54) is 0 Å². The van der Waals surface area contributed by atoms with Crippen LogP contribution in [0.15, 0.2) is 4.99 Å². The first-order chi connectivity index (χ1) is 7.61. The highest BCUT2D eigenvalue weighted by Gasteiger charge is 2.04. The summed E-state index contributed by atoms with van der Waals surface area (Å²) in [5.41, 5.74) is 2.62. The summed E-state index contributed by atoms with van der Waals surface area (Å²) < 4.78 is 5.47. The normalized spacial score (nSPS) is 12.0. The molecule has 0 bridgehead atoms. The van der Waals surface area contributed by atoms with Crippen LogP contribution in [-0.4, -0.2) is 43.7 Å². The van der Waals surface area contributed by atoms with Crippen LogP contribution >= 0.6 is 0 Å². The van der Waals surface area contributed by atoms with E-state index in [9.17, 15) is 0 Å². The Hall–Kier alpha value is -0.810. The van der Waals surface area contributed by atoms with Crippen LogP contribution in [0.3, 0.4) is 0 Å². The number of nitrogens with zero attached hydrogens (tertiary/aromatic N) is 2. The van der Waals surface area contributed by atoms with Gasteiger partial charge in [0.15, 0.2) is 0 Å². The van der Waals surface area contributed by atoms with Crippen molar-refractivity contribution in [2.24, 2.45) is 10.8 Å². The van der Waals surface area contributed by atoms with E-state index in [1.807, 2.05) is 25.8 Å². The molecule has 0 atom stereocenters. The van der Waals surface area contributed by atoms with E-state index < -0.39 is 0 Å². The van der Waals surface area contributed by atoms with Crippen molar-refractivity contribution >= 4 is 5.96 Å². The second-order valence-electron chi connectivity index (χ2n) is 4.04. The van der Waals surface area contributed by atoms with Crippen molar-refractivity contribution in [1.82, 2.24) is 10.3 Å². The van der Waals surface area contributed by atoms with Crippen LogP contribution in [0, 0.1) is 0 Å². The standard InChI is InChI=1S/C11H26N4O/c1-5-6-7-13-11(14-12)15(4)8-9-16-10(2)3/h10H,5-9,12H2,1-4H3,(H,13,14). The van der Waals surface area contributed by atoms with E-state index in [1.54, 1.807) is 0 Å². The van der Waals surface area contributed by atoms with Gasteiger partial charge < -0.3 is 9.64 Å². The number of hydrogen-bond acceptors (Lipinski definition) is 3. The number of ether oxygens (including phenoxy) is 1. The summed E-state index contributed by atoms with van der Waals surface area (Å²) in [6, 6.07) is 0. The Balaban J connectivity index is 3.90. The van der Waals surface area contributed by atoms with Crippen LogP contribution in [0.5, 0.6) is 0 Å². The van der Waals surface area contributed by atoms with E-state index in [-0.39, 0.29) is 6.10 Å². The van der Waals surface area contributed by atoms with Gasteiger partial charge in [-0.15, -0.1) is 0 Å². The van der Waals surface area contributed by atoms with Gasteiger partial charge in [-0.2, -0.15) is 0 Å². The predicted molar refractivity (Wildman–Crippen MR) is 68.3 cm³/mol. The molecule has 0 aliphatic heterocycles. The molecular formula is C11H26N4O. The van der Waals surface area contributed by atoms with Gasteiger partial charge in [-0.05, 0) is 20.3 Å². The van der Waals surface area contributed by atoms with Crippen LogP contribution < -0.4 is 11.3 Å². The van der Waals surface area contributed by atoms with Crippen molar-refractivity contribution in [2.75, 3.05) is 26.7 Å². The second kappa shape index (κ2) is 9.42. The molecule has 16 heavy (non-hydrogen) atoms. The lowest BCUT2D eigenvalue weighted by atomic mass is 10.3. The molecule has 0 rings (SSSR count). The zero-order chi connectivity index (χ0) is 12.4. The number of unbranched alkanes of at least 4 members (excludes halogenated alkanes) is 1. The molecule has 0 spiro atoms.